The Bertz CT molecular complexity index is 1700. The van der Waals surface area contributed by atoms with Crippen LogP contribution in [0.1, 0.15) is 54.1 Å². The largest absolute Gasteiger partial charge is 0.465 e. The second kappa shape index (κ2) is 12.0. The zero-order valence-corrected chi connectivity index (χ0v) is 25.8. The second-order valence-corrected chi connectivity index (χ2v) is 13.3. The molecule has 0 saturated heterocycles. The lowest BCUT2D eigenvalue weighted by atomic mass is 9.68. The first-order chi connectivity index (χ1) is 20.5. The molecule has 0 spiro atoms. The fourth-order valence-electron chi connectivity index (χ4n) is 5.30. The standard InChI is InChI=1S/C31H30N6O4S2/c1-17-5-11-20(12-6-17)34-24(39)16-42-30-36-35-29(43-30)37-22-13-31(2,3)14-23(38)26(22)25(21(15-32)27(37)33)18-7-9-19(10-8-18)28(40)41-4/h5-12,25H,13-14,16,33H2,1-4H3,(H,34,39). The topological polar surface area (TPSA) is 151 Å². The average molecular weight is 615 g/mol. The zero-order valence-electron chi connectivity index (χ0n) is 24.1. The number of carbonyl (C=O) groups excluding carboxylic acids is 3. The summed E-state index contributed by atoms with van der Waals surface area (Å²) in [7, 11) is 1.31. The number of nitrogens with two attached hydrogens (primary N) is 1. The molecule has 10 nitrogen and oxygen atoms in total. The normalized spacial score (nSPS) is 17.8. The SMILES string of the molecule is COC(=O)c1ccc(C2C(C#N)=C(N)N(c3nnc(SCC(=O)Nc4ccc(C)cc4)s3)C3=C2C(=O)CC(C)(C)C3)cc1. The van der Waals surface area contributed by atoms with Gasteiger partial charge in [-0.1, -0.05) is 66.8 Å². The molecule has 2 aliphatic rings. The van der Waals surface area contributed by atoms with Crippen molar-refractivity contribution in [2.75, 3.05) is 23.1 Å². The number of ketones is 1. The molecule has 1 aromatic heterocycles. The van der Waals surface area contributed by atoms with Crippen LogP contribution in [-0.4, -0.2) is 40.7 Å². The van der Waals surface area contributed by atoms with Crippen LogP contribution >= 0.6 is 23.1 Å². The molecule has 3 aromatic rings. The number of Topliss-reactive ketones (excluding diaryl/α,β-unsaturated/α-hetero) is 1. The molecule has 0 saturated carbocycles. The van der Waals surface area contributed by atoms with Crippen LogP contribution in [0.15, 0.2) is 75.5 Å². The fraction of sp³-hybridized carbons (Fsp3) is 0.290. The number of rotatable bonds is 7. The Labute approximate surface area is 257 Å². The van der Waals surface area contributed by atoms with Crippen LogP contribution in [-0.2, 0) is 14.3 Å². The van der Waals surface area contributed by atoms with Crippen molar-refractivity contribution >= 4 is 51.6 Å². The molecule has 0 fully saturated rings. The number of carbonyl (C=O) groups is 3. The maximum Gasteiger partial charge on any atom is 0.337 e. The number of esters is 1. The number of aryl methyl sites for hydroxylation is 1. The molecule has 2 heterocycles. The van der Waals surface area contributed by atoms with E-state index < -0.39 is 11.9 Å². The molecule has 12 heteroatoms. The summed E-state index contributed by atoms with van der Waals surface area (Å²) in [6.07, 6.45) is 0.827. The van der Waals surface area contributed by atoms with Gasteiger partial charge in [0.15, 0.2) is 10.1 Å². The number of nitriles is 1. The van der Waals surface area contributed by atoms with Crippen molar-refractivity contribution in [1.82, 2.24) is 10.2 Å². The summed E-state index contributed by atoms with van der Waals surface area (Å²) >= 11 is 2.47. The summed E-state index contributed by atoms with van der Waals surface area (Å²) in [5, 5.41) is 22.2. The molecular formula is C31H30N6O4S2. The smallest absolute Gasteiger partial charge is 0.337 e. The quantitative estimate of drug-likeness (QED) is 0.265. The molecule has 1 unspecified atom stereocenters. The number of benzene rings is 2. The van der Waals surface area contributed by atoms with Crippen molar-refractivity contribution in [3.63, 3.8) is 0 Å². The number of hydrogen-bond donors (Lipinski definition) is 2. The van der Waals surface area contributed by atoms with E-state index in [0.29, 0.717) is 50.4 Å². The maximum absolute atomic E-state index is 13.7. The number of thioether (sulfide) groups is 1. The van der Waals surface area contributed by atoms with Gasteiger partial charge in [0.1, 0.15) is 5.82 Å². The van der Waals surface area contributed by atoms with Crippen LogP contribution in [0, 0.1) is 23.7 Å². The molecule has 1 atom stereocenters. The molecule has 0 radical (unpaired) electrons. The van der Waals surface area contributed by atoms with Gasteiger partial charge in [-0.3, -0.25) is 14.5 Å². The summed E-state index contributed by atoms with van der Waals surface area (Å²) in [6.45, 7) is 6.01. The Hall–Kier alpha value is -4.47. The highest BCUT2D eigenvalue weighted by Gasteiger charge is 2.45. The Morgan fingerprint density at radius 2 is 1.86 bits per heavy atom. The first kappa shape index (κ1) is 30.0. The van der Waals surface area contributed by atoms with E-state index in [1.807, 2.05) is 45.0 Å². The van der Waals surface area contributed by atoms with Crippen molar-refractivity contribution in [2.24, 2.45) is 11.1 Å². The van der Waals surface area contributed by atoms with Gasteiger partial charge in [0.25, 0.3) is 0 Å². The van der Waals surface area contributed by atoms with Gasteiger partial charge in [-0.2, -0.15) is 5.26 Å². The van der Waals surface area contributed by atoms with E-state index in [0.717, 1.165) is 5.56 Å². The predicted octanol–water partition coefficient (Wildman–Crippen LogP) is 5.30. The molecule has 5 rings (SSSR count). The number of amides is 1. The van der Waals surface area contributed by atoms with E-state index in [1.54, 1.807) is 29.2 Å². The van der Waals surface area contributed by atoms with Crippen molar-refractivity contribution in [1.29, 1.82) is 5.26 Å². The lowest BCUT2D eigenvalue weighted by molar-refractivity contribution is -0.118. The molecule has 1 aliphatic heterocycles. The number of aromatic nitrogens is 2. The Morgan fingerprint density at radius 1 is 1.16 bits per heavy atom. The fourth-order valence-corrected chi connectivity index (χ4v) is 6.98. The summed E-state index contributed by atoms with van der Waals surface area (Å²) in [4.78, 5) is 39.9. The minimum atomic E-state index is -0.696. The highest BCUT2D eigenvalue weighted by molar-refractivity contribution is 8.01. The van der Waals surface area contributed by atoms with Crippen molar-refractivity contribution in [2.45, 2.75) is 43.9 Å². The van der Waals surface area contributed by atoms with E-state index in [-0.39, 0.29) is 34.3 Å². The average Bonchev–Trinajstić information content (AvgIpc) is 3.44. The number of anilines is 2. The van der Waals surface area contributed by atoms with Gasteiger partial charge in [0.05, 0.1) is 36.0 Å². The summed E-state index contributed by atoms with van der Waals surface area (Å²) in [5.41, 5.74) is 10.5. The monoisotopic (exact) mass is 614 g/mol. The molecule has 43 heavy (non-hydrogen) atoms. The molecule has 1 aliphatic carbocycles. The Morgan fingerprint density at radius 3 is 2.51 bits per heavy atom. The van der Waals surface area contributed by atoms with Crippen LogP contribution in [0.5, 0.6) is 0 Å². The highest BCUT2D eigenvalue weighted by atomic mass is 32.2. The number of nitrogens with zero attached hydrogens (tertiary/aromatic N) is 4. The number of nitrogens with one attached hydrogen (secondary N) is 1. The first-order valence-electron chi connectivity index (χ1n) is 13.5. The minimum Gasteiger partial charge on any atom is -0.465 e. The highest BCUT2D eigenvalue weighted by Crippen LogP contribution is 2.50. The van der Waals surface area contributed by atoms with Gasteiger partial charge in [-0.25, -0.2) is 4.79 Å². The van der Waals surface area contributed by atoms with Crippen LogP contribution in [0.25, 0.3) is 0 Å². The molecule has 2 aromatic carbocycles. The first-order valence-corrected chi connectivity index (χ1v) is 15.3. The van der Waals surface area contributed by atoms with Crippen molar-refractivity contribution in [3.8, 4) is 6.07 Å². The van der Waals surface area contributed by atoms with Crippen molar-refractivity contribution in [3.05, 3.63) is 87.9 Å². The molecule has 3 N–H and O–H groups in total. The van der Waals surface area contributed by atoms with Crippen LogP contribution in [0.4, 0.5) is 10.8 Å². The lowest BCUT2D eigenvalue weighted by Crippen LogP contribution is -2.42. The van der Waals surface area contributed by atoms with E-state index in [4.69, 9.17) is 10.5 Å². The zero-order chi connectivity index (χ0) is 30.9. The van der Waals surface area contributed by atoms with Gasteiger partial charge < -0.3 is 15.8 Å². The minimum absolute atomic E-state index is 0.0783. The Balaban J connectivity index is 1.46. The Kier molecular flexibility index (Phi) is 8.39. The van der Waals surface area contributed by atoms with E-state index >= 15 is 0 Å². The second-order valence-electron chi connectivity index (χ2n) is 11.1. The number of hydrogen-bond acceptors (Lipinski definition) is 11. The van der Waals surface area contributed by atoms with Crippen LogP contribution in [0.2, 0.25) is 0 Å². The van der Waals surface area contributed by atoms with Gasteiger partial charge in [0.2, 0.25) is 11.0 Å². The molecule has 0 bridgehead atoms. The maximum atomic E-state index is 13.7. The molecular weight excluding hydrogens is 585 g/mol. The third-order valence-corrected chi connectivity index (χ3v) is 9.34. The number of allylic oxidation sites excluding steroid dienone is 3. The van der Waals surface area contributed by atoms with Gasteiger partial charge in [-0.15, -0.1) is 10.2 Å². The van der Waals surface area contributed by atoms with Crippen LogP contribution < -0.4 is 16.0 Å². The summed E-state index contributed by atoms with van der Waals surface area (Å²) < 4.78 is 5.35. The molecule has 1 amide bonds. The predicted molar refractivity (Wildman–Crippen MR) is 165 cm³/mol. The van der Waals surface area contributed by atoms with Gasteiger partial charge in [0, 0.05) is 23.4 Å². The summed E-state index contributed by atoms with van der Waals surface area (Å²) in [5.74, 6) is -1.14. The number of methoxy groups -OCH3 is 1. The van der Waals surface area contributed by atoms with E-state index in [1.165, 1.54) is 30.2 Å². The van der Waals surface area contributed by atoms with E-state index in [2.05, 4.69) is 21.6 Å². The van der Waals surface area contributed by atoms with Crippen molar-refractivity contribution < 1.29 is 19.1 Å². The van der Waals surface area contributed by atoms with Gasteiger partial charge >= 0.3 is 5.97 Å². The third kappa shape index (κ3) is 6.18. The van der Waals surface area contributed by atoms with Gasteiger partial charge in [-0.05, 0) is 48.6 Å². The van der Waals surface area contributed by atoms with E-state index in [9.17, 15) is 19.6 Å². The summed E-state index contributed by atoms with van der Waals surface area (Å²) in [6, 6.07) is 16.4. The lowest BCUT2D eigenvalue weighted by Gasteiger charge is -2.42. The molecule has 220 valence electrons. The third-order valence-electron chi connectivity index (χ3n) is 7.30. The number of ether oxygens (including phenoxy) is 1. The van der Waals surface area contributed by atoms with Crippen LogP contribution in [0.3, 0.4) is 0 Å².